The van der Waals surface area contributed by atoms with Gasteiger partial charge in [0.15, 0.2) is 0 Å². The second-order valence-electron chi connectivity index (χ2n) is 5.12. The van der Waals surface area contributed by atoms with Crippen molar-refractivity contribution < 1.29 is 4.42 Å². The van der Waals surface area contributed by atoms with Crippen molar-refractivity contribution in [3.05, 3.63) is 34.5 Å². The van der Waals surface area contributed by atoms with Crippen LogP contribution in [0.25, 0.3) is 11.4 Å². The van der Waals surface area contributed by atoms with Crippen LogP contribution in [0, 0.1) is 11.6 Å². The van der Waals surface area contributed by atoms with Gasteiger partial charge >= 0.3 is 0 Å². The lowest BCUT2D eigenvalue weighted by atomic mass is 9.92. The highest BCUT2D eigenvalue weighted by Crippen LogP contribution is 2.25. The highest BCUT2D eigenvalue weighted by Gasteiger charge is 2.16. The van der Waals surface area contributed by atoms with Gasteiger partial charge in [-0.15, -0.1) is 0 Å². The van der Waals surface area contributed by atoms with Crippen LogP contribution >= 0.6 is 12.2 Å². The standard InChI is InChI=1S/C13H16N2OS/c1-8-9(5-6-16-8)12-14-10(13(2,3)4)7-11(17)15-12/h5-7H,1-4H3,(H,14,15,17). The van der Waals surface area contributed by atoms with E-state index in [0.29, 0.717) is 4.64 Å². The molecular formula is C13H16N2OS. The number of furan rings is 1. The summed E-state index contributed by atoms with van der Waals surface area (Å²) in [4.78, 5) is 7.68. The Morgan fingerprint density at radius 1 is 1.35 bits per heavy atom. The molecule has 0 aliphatic carbocycles. The largest absolute Gasteiger partial charge is 0.469 e. The number of aryl methyl sites for hydroxylation is 1. The van der Waals surface area contributed by atoms with Gasteiger partial charge in [-0.25, -0.2) is 4.98 Å². The molecule has 4 heteroatoms. The molecule has 0 atom stereocenters. The van der Waals surface area contributed by atoms with Gasteiger partial charge in [0.1, 0.15) is 16.2 Å². The first-order chi connectivity index (χ1) is 7.88. The van der Waals surface area contributed by atoms with Gasteiger partial charge in [0, 0.05) is 11.1 Å². The smallest absolute Gasteiger partial charge is 0.142 e. The van der Waals surface area contributed by atoms with E-state index in [4.69, 9.17) is 16.6 Å². The average Bonchev–Trinajstić information content (AvgIpc) is 2.62. The Morgan fingerprint density at radius 2 is 2.06 bits per heavy atom. The number of hydrogen-bond donors (Lipinski definition) is 1. The van der Waals surface area contributed by atoms with Gasteiger partial charge in [0.2, 0.25) is 0 Å². The first-order valence-corrected chi connectivity index (χ1v) is 5.95. The first kappa shape index (κ1) is 12.0. The highest BCUT2D eigenvalue weighted by molar-refractivity contribution is 7.71. The van der Waals surface area contributed by atoms with Gasteiger partial charge in [-0.2, -0.15) is 0 Å². The third-order valence-electron chi connectivity index (χ3n) is 2.66. The third kappa shape index (κ3) is 2.47. The zero-order valence-corrected chi connectivity index (χ0v) is 11.3. The van der Waals surface area contributed by atoms with Crippen LogP contribution in [0.3, 0.4) is 0 Å². The summed E-state index contributed by atoms with van der Waals surface area (Å²) in [5.74, 6) is 1.61. The zero-order chi connectivity index (χ0) is 12.6. The summed E-state index contributed by atoms with van der Waals surface area (Å²) in [6.07, 6.45) is 1.66. The Labute approximate surface area is 106 Å². The molecule has 0 aromatic carbocycles. The molecule has 0 radical (unpaired) electrons. The van der Waals surface area contributed by atoms with Gasteiger partial charge in [-0.3, -0.25) is 0 Å². The Hall–Kier alpha value is -1.42. The summed E-state index contributed by atoms with van der Waals surface area (Å²) in [5.41, 5.74) is 2.05. The van der Waals surface area contributed by atoms with E-state index in [1.807, 2.05) is 19.1 Å². The molecule has 17 heavy (non-hydrogen) atoms. The summed E-state index contributed by atoms with van der Waals surface area (Å²) < 4.78 is 5.89. The molecule has 2 rings (SSSR count). The van der Waals surface area contributed by atoms with E-state index in [0.717, 1.165) is 22.8 Å². The fraction of sp³-hybridized carbons (Fsp3) is 0.385. The number of hydrogen-bond acceptors (Lipinski definition) is 3. The summed E-state index contributed by atoms with van der Waals surface area (Å²) in [6, 6.07) is 3.81. The lowest BCUT2D eigenvalue weighted by molar-refractivity contribution is 0.534. The SMILES string of the molecule is Cc1occc1-c1nc(=S)cc(C(C)(C)C)[nH]1. The van der Waals surface area contributed by atoms with Crippen LogP contribution in [0.2, 0.25) is 0 Å². The summed E-state index contributed by atoms with van der Waals surface area (Å²) in [5, 5.41) is 0. The Bertz CT molecular complexity index is 590. The molecule has 0 fully saturated rings. The van der Waals surface area contributed by atoms with E-state index in [-0.39, 0.29) is 5.41 Å². The van der Waals surface area contributed by atoms with Crippen LogP contribution in [0.4, 0.5) is 0 Å². The maximum atomic E-state index is 5.29. The summed E-state index contributed by atoms with van der Waals surface area (Å²) in [6.45, 7) is 8.33. The van der Waals surface area contributed by atoms with Gasteiger partial charge in [0.05, 0.1) is 11.8 Å². The van der Waals surface area contributed by atoms with Crippen molar-refractivity contribution in [2.45, 2.75) is 33.1 Å². The maximum absolute atomic E-state index is 5.29. The van der Waals surface area contributed by atoms with Gasteiger partial charge in [-0.05, 0) is 19.1 Å². The van der Waals surface area contributed by atoms with Crippen LogP contribution in [0.1, 0.15) is 32.2 Å². The number of H-pyrrole nitrogens is 1. The van der Waals surface area contributed by atoms with E-state index >= 15 is 0 Å². The Kier molecular flexibility index (Phi) is 2.91. The van der Waals surface area contributed by atoms with Crippen LogP contribution in [0.5, 0.6) is 0 Å². The molecule has 0 bridgehead atoms. The second kappa shape index (κ2) is 4.11. The molecule has 0 saturated carbocycles. The number of nitrogens with one attached hydrogen (secondary N) is 1. The predicted molar refractivity (Wildman–Crippen MR) is 70.6 cm³/mol. The predicted octanol–water partition coefficient (Wildman–Crippen LogP) is 4.01. The first-order valence-electron chi connectivity index (χ1n) is 5.54. The molecule has 0 saturated heterocycles. The van der Waals surface area contributed by atoms with E-state index in [1.54, 1.807) is 6.26 Å². The highest BCUT2D eigenvalue weighted by atomic mass is 32.1. The molecule has 0 amide bonds. The van der Waals surface area contributed by atoms with Crippen molar-refractivity contribution in [3.63, 3.8) is 0 Å². The van der Waals surface area contributed by atoms with Crippen molar-refractivity contribution in [1.82, 2.24) is 9.97 Å². The molecule has 90 valence electrons. The molecule has 3 nitrogen and oxygen atoms in total. The lowest BCUT2D eigenvalue weighted by Gasteiger charge is -2.19. The molecule has 0 aliphatic heterocycles. The van der Waals surface area contributed by atoms with Crippen molar-refractivity contribution in [1.29, 1.82) is 0 Å². The van der Waals surface area contributed by atoms with E-state index < -0.39 is 0 Å². The van der Waals surface area contributed by atoms with E-state index in [9.17, 15) is 0 Å². The van der Waals surface area contributed by atoms with Crippen LogP contribution in [-0.2, 0) is 5.41 Å². The number of aromatic nitrogens is 2. The van der Waals surface area contributed by atoms with E-state index in [1.165, 1.54) is 0 Å². The number of nitrogens with zero attached hydrogens (tertiary/aromatic N) is 1. The van der Waals surface area contributed by atoms with E-state index in [2.05, 4.69) is 30.7 Å². The second-order valence-corrected chi connectivity index (χ2v) is 5.54. The van der Waals surface area contributed by atoms with Gasteiger partial charge in [0.25, 0.3) is 0 Å². The number of rotatable bonds is 1. The van der Waals surface area contributed by atoms with Crippen LogP contribution in [0.15, 0.2) is 22.8 Å². The Morgan fingerprint density at radius 3 is 2.59 bits per heavy atom. The molecule has 2 aromatic heterocycles. The van der Waals surface area contributed by atoms with Crippen molar-refractivity contribution in [2.24, 2.45) is 0 Å². The average molecular weight is 248 g/mol. The van der Waals surface area contributed by atoms with Gasteiger partial charge in [-0.1, -0.05) is 33.0 Å². The summed E-state index contributed by atoms with van der Waals surface area (Å²) in [7, 11) is 0. The molecule has 0 aliphatic rings. The Balaban J connectivity index is 2.61. The fourth-order valence-corrected chi connectivity index (χ4v) is 1.83. The fourth-order valence-electron chi connectivity index (χ4n) is 1.62. The quantitative estimate of drug-likeness (QED) is 0.775. The maximum Gasteiger partial charge on any atom is 0.142 e. The molecule has 1 N–H and O–H groups in total. The molecule has 0 spiro atoms. The normalized spacial score (nSPS) is 11.8. The van der Waals surface area contributed by atoms with Crippen molar-refractivity contribution >= 4 is 12.2 Å². The van der Waals surface area contributed by atoms with Crippen LogP contribution in [-0.4, -0.2) is 9.97 Å². The minimum absolute atomic E-state index is 0.0168. The third-order valence-corrected chi connectivity index (χ3v) is 2.87. The number of aromatic amines is 1. The molecule has 0 unspecified atom stereocenters. The minimum atomic E-state index is 0.0168. The monoisotopic (exact) mass is 248 g/mol. The summed E-state index contributed by atoms with van der Waals surface area (Å²) >= 11 is 5.21. The van der Waals surface area contributed by atoms with Gasteiger partial charge < -0.3 is 9.40 Å². The van der Waals surface area contributed by atoms with Crippen LogP contribution < -0.4 is 0 Å². The van der Waals surface area contributed by atoms with Crippen molar-refractivity contribution in [3.8, 4) is 11.4 Å². The molecule has 2 heterocycles. The topological polar surface area (TPSA) is 41.8 Å². The zero-order valence-electron chi connectivity index (χ0n) is 10.5. The van der Waals surface area contributed by atoms with Crippen molar-refractivity contribution in [2.75, 3.05) is 0 Å². The molecule has 2 aromatic rings. The lowest BCUT2D eigenvalue weighted by Crippen LogP contribution is -2.14. The minimum Gasteiger partial charge on any atom is -0.469 e. The molecular weight excluding hydrogens is 232 g/mol.